The molecule has 2 aromatic carbocycles. The highest BCUT2D eigenvalue weighted by Crippen LogP contribution is 2.32. The molecule has 1 amide bonds. The lowest BCUT2D eigenvalue weighted by Gasteiger charge is -2.18. The molecule has 0 bridgehead atoms. The van der Waals surface area contributed by atoms with Crippen molar-refractivity contribution in [2.24, 2.45) is 0 Å². The predicted octanol–water partition coefficient (Wildman–Crippen LogP) is 5.97. The van der Waals surface area contributed by atoms with Crippen molar-refractivity contribution >= 4 is 32.6 Å². The zero-order chi connectivity index (χ0) is 18.2. The molecule has 4 heteroatoms. The number of thiazole rings is 1. The molecule has 0 saturated carbocycles. The van der Waals surface area contributed by atoms with E-state index in [4.69, 9.17) is 0 Å². The molecule has 0 aliphatic heterocycles. The number of rotatable bonds is 3. The van der Waals surface area contributed by atoms with Gasteiger partial charge in [-0.2, -0.15) is 0 Å². The average Bonchev–Trinajstić information content (AvgIpc) is 2.96. The third-order valence-corrected chi connectivity index (χ3v) is 5.24. The first-order valence-electron chi connectivity index (χ1n) is 8.57. The number of hydrogen-bond donors (Lipinski definition) is 1. The number of aromatic nitrogens is 1. The van der Waals surface area contributed by atoms with Crippen molar-refractivity contribution in [3.05, 3.63) is 59.2 Å². The zero-order valence-electron chi connectivity index (χ0n) is 15.4. The van der Waals surface area contributed by atoms with Gasteiger partial charge in [-0.05, 0) is 40.7 Å². The molecule has 0 fully saturated rings. The van der Waals surface area contributed by atoms with Gasteiger partial charge in [0.2, 0.25) is 0 Å². The van der Waals surface area contributed by atoms with Gasteiger partial charge in [-0.25, -0.2) is 4.98 Å². The van der Waals surface area contributed by atoms with Crippen molar-refractivity contribution in [2.75, 3.05) is 5.32 Å². The van der Waals surface area contributed by atoms with E-state index < -0.39 is 0 Å². The molecule has 3 nitrogen and oxygen atoms in total. The van der Waals surface area contributed by atoms with Gasteiger partial charge in [0.15, 0.2) is 5.13 Å². The van der Waals surface area contributed by atoms with Crippen LogP contribution in [0.3, 0.4) is 0 Å². The lowest BCUT2D eigenvalue weighted by Crippen LogP contribution is -2.14. The number of fused-ring (bicyclic) bond motifs is 1. The van der Waals surface area contributed by atoms with Crippen LogP contribution in [0.4, 0.5) is 5.13 Å². The van der Waals surface area contributed by atoms with Gasteiger partial charge in [0, 0.05) is 5.56 Å². The maximum absolute atomic E-state index is 12.5. The van der Waals surface area contributed by atoms with Gasteiger partial charge in [-0.15, -0.1) is 0 Å². The molecule has 0 unspecified atom stereocenters. The first-order valence-corrected chi connectivity index (χ1v) is 9.38. The normalized spacial score (nSPS) is 11.9. The summed E-state index contributed by atoms with van der Waals surface area (Å²) in [4.78, 5) is 17.2. The molecular formula is C21H24N2OS. The van der Waals surface area contributed by atoms with Crippen molar-refractivity contribution in [2.45, 2.75) is 46.0 Å². The van der Waals surface area contributed by atoms with E-state index in [0.717, 1.165) is 10.2 Å². The Kier molecular flexibility index (Phi) is 4.65. The summed E-state index contributed by atoms with van der Waals surface area (Å²) in [6.45, 7) is 10.8. The van der Waals surface area contributed by atoms with Crippen LogP contribution in [0.15, 0.2) is 42.5 Å². The molecule has 3 aromatic rings. The molecule has 0 aliphatic rings. The van der Waals surface area contributed by atoms with Crippen molar-refractivity contribution in [1.82, 2.24) is 4.98 Å². The van der Waals surface area contributed by atoms with Gasteiger partial charge >= 0.3 is 0 Å². The minimum absolute atomic E-state index is 0.0787. The van der Waals surface area contributed by atoms with Crippen LogP contribution in [-0.4, -0.2) is 10.9 Å². The monoisotopic (exact) mass is 352 g/mol. The fourth-order valence-corrected chi connectivity index (χ4v) is 3.68. The summed E-state index contributed by atoms with van der Waals surface area (Å²) < 4.78 is 1.10. The van der Waals surface area contributed by atoms with Crippen molar-refractivity contribution < 1.29 is 4.79 Å². The number of nitrogens with one attached hydrogen (secondary N) is 1. The van der Waals surface area contributed by atoms with Gasteiger partial charge in [0.1, 0.15) is 0 Å². The highest BCUT2D eigenvalue weighted by Gasteiger charge is 2.16. The predicted molar refractivity (Wildman–Crippen MR) is 107 cm³/mol. The first kappa shape index (κ1) is 17.6. The molecular weight excluding hydrogens is 328 g/mol. The van der Waals surface area contributed by atoms with Crippen molar-refractivity contribution in [1.29, 1.82) is 0 Å². The zero-order valence-corrected chi connectivity index (χ0v) is 16.2. The Morgan fingerprint density at radius 3 is 2.36 bits per heavy atom. The molecule has 1 N–H and O–H groups in total. The second-order valence-corrected chi connectivity index (χ2v) is 8.68. The summed E-state index contributed by atoms with van der Waals surface area (Å²) in [5.41, 5.74) is 4.14. The number of amides is 1. The minimum atomic E-state index is -0.120. The molecule has 130 valence electrons. The second kappa shape index (κ2) is 6.60. The summed E-state index contributed by atoms with van der Waals surface area (Å²) in [6.07, 6.45) is 0. The number of hydrogen-bond acceptors (Lipinski definition) is 3. The standard InChI is InChI=1S/C21H24N2OS/c1-13(2)16-7-6-8-17-18(16)22-20(25-17)23-19(24)14-9-11-15(12-10-14)21(3,4)5/h6-13H,1-5H3,(H,22,23,24). The molecule has 1 aromatic heterocycles. The van der Waals surface area contributed by atoms with E-state index in [1.54, 1.807) is 0 Å². The maximum atomic E-state index is 12.5. The topological polar surface area (TPSA) is 42.0 Å². The fourth-order valence-electron chi connectivity index (χ4n) is 2.78. The van der Waals surface area contributed by atoms with Crippen LogP contribution in [0, 0.1) is 0 Å². The number of benzene rings is 2. The van der Waals surface area contributed by atoms with Gasteiger partial charge in [0.25, 0.3) is 5.91 Å². The van der Waals surface area contributed by atoms with E-state index in [1.165, 1.54) is 22.5 Å². The third-order valence-electron chi connectivity index (χ3n) is 4.31. The largest absolute Gasteiger partial charge is 0.298 e. The highest BCUT2D eigenvalue weighted by atomic mass is 32.1. The van der Waals surface area contributed by atoms with E-state index in [1.807, 2.05) is 36.4 Å². The molecule has 0 spiro atoms. The summed E-state index contributed by atoms with van der Waals surface area (Å²) in [5.74, 6) is 0.282. The highest BCUT2D eigenvalue weighted by molar-refractivity contribution is 7.22. The lowest BCUT2D eigenvalue weighted by molar-refractivity contribution is 0.102. The quantitative estimate of drug-likeness (QED) is 0.631. The van der Waals surface area contributed by atoms with E-state index >= 15 is 0 Å². The molecule has 3 rings (SSSR count). The van der Waals surface area contributed by atoms with Crippen LogP contribution in [0.2, 0.25) is 0 Å². The van der Waals surface area contributed by atoms with Crippen LogP contribution in [-0.2, 0) is 5.41 Å². The van der Waals surface area contributed by atoms with E-state index in [-0.39, 0.29) is 11.3 Å². The Morgan fingerprint density at radius 1 is 1.08 bits per heavy atom. The molecule has 25 heavy (non-hydrogen) atoms. The SMILES string of the molecule is CC(C)c1cccc2sc(NC(=O)c3ccc(C(C)(C)C)cc3)nc12. The molecule has 0 aliphatic carbocycles. The van der Waals surface area contributed by atoms with Crippen LogP contribution in [0.5, 0.6) is 0 Å². The van der Waals surface area contributed by atoms with Gasteiger partial charge in [0.05, 0.1) is 10.2 Å². The average molecular weight is 353 g/mol. The third kappa shape index (κ3) is 3.74. The Balaban J connectivity index is 1.83. The Morgan fingerprint density at radius 2 is 1.76 bits per heavy atom. The molecule has 0 radical (unpaired) electrons. The smallest absolute Gasteiger partial charge is 0.257 e. The number of anilines is 1. The number of carbonyl (C=O) groups is 1. The maximum Gasteiger partial charge on any atom is 0.257 e. The van der Waals surface area contributed by atoms with Gasteiger partial charge in [-0.1, -0.05) is 70.2 Å². The second-order valence-electron chi connectivity index (χ2n) is 7.65. The number of carbonyl (C=O) groups excluding carboxylic acids is 1. The summed E-state index contributed by atoms with van der Waals surface area (Å²) >= 11 is 1.52. The summed E-state index contributed by atoms with van der Waals surface area (Å²) in [5, 5.41) is 3.59. The number of para-hydroxylation sites is 1. The van der Waals surface area contributed by atoms with Crippen molar-refractivity contribution in [3.8, 4) is 0 Å². The minimum Gasteiger partial charge on any atom is -0.298 e. The van der Waals surface area contributed by atoms with Crippen LogP contribution in [0.1, 0.15) is 62.0 Å². The Hall–Kier alpha value is -2.20. The van der Waals surface area contributed by atoms with E-state index in [2.05, 4.69) is 51.0 Å². The summed E-state index contributed by atoms with van der Waals surface area (Å²) in [6, 6.07) is 14.0. The first-order chi connectivity index (χ1) is 11.8. The molecule has 1 heterocycles. The van der Waals surface area contributed by atoms with E-state index in [9.17, 15) is 4.79 Å². The Bertz CT molecular complexity index is 902. The molecule has 0 atom stereocenters. The van der Waals surface area contributed by atoms with E-state index in [0.29, 0.717) is 16.6 Å². The lowest BCUT2D eigenvalue weighted by atomic mass is 9.87. The van der Waals surface area contributed by atoms with Crippen LogP contribution >= 0.6 is 11.3 Å². The van der Waals surface area contributed by atoms with Gasteiger partial charge < -0.3 is 0 Å². The van der Waals surface area contributed by atoms with Crippen molar-refractivity contribution in [3.63, 3.8) is 0 Å². The molecule has 0 saturated heterocycles. The van der Waals surface area contributed by atoms with Gasteiger partial charge in [-0.3, -0.25) is 10.1 Å². The number of nitrogens with zero attached hydrogens (tertiary/aromatic N) is 1. The summed E-state index contributed by atoms with van der Waals surface area (Å²) in [7, 11) is 0. The fraction of sp³-hybridized carbons (Fsp3) is 0.333. The van der Waals surface area contributed by atoms with Crippen LogP contribution in [0.25, 0.3) is 10.2 Å². The Labute approximate surface area is 153 Å². The van der Waals surface area contributed by atoms with Crippen LogP contribution < -0.4 is 5.32 Å².